The zero-order valence-electron chi connectivity index (χ0n) is 13.1. The molecule has 1 unspecified atom stereocenters. The van der Waals surface area contributed by atoms with Crippen molar-refractivity contribution in [3.8, 4) is 11.1 Å². The van der Waals surface area contributed by atoms with Crippen LogP contribution in [0.3, 0.4) is 0 Å². The van der Waals surface area contributed by atoms with Crippen molar-refractivity contribution in [2.24, 2.45) is 0 Å². The van der Waals surface area contributed by atoms with Crippen molar-refractivity contribution < 1.29 is 4.39 Å². The smallest absolute Gasteiger partial charge is 0.131 e. The lowest BCUT2D eigenvalue weighted by Crippen LogP contribution is -2.21. The lowest BCUT2D eigenvalue weighted by molar-refractivity contribution is 0.518. The van der Waals surface area contributed by atoms with E-state index in [4.69, 9.17) is 0 Å². The summed E-state index contributed by atoms with van der Waals surface area (Å²) in [5.41, 5.74) is 3.94. The van der Waals surface area contributed by atoms with Crippen molar-refractivity contribution in [3.05, 3.63) is 59.4 Å². The molecule has 1 nitrogen and oxygen atoms in total. The molecule has 2 heteroatoms. The first kappa shape index (κ1) is 15.7. The molecule has 0 aromatic heterocycles. The van der Waals surface area contributed by atoms with Crippen LogP contribution >= 0.6 is 0 Å². The minimum Gasteiger partial charge on any atom is -0.310 e. The van der Waals surface area contributed by atoms with Gasteiger partial charge in [-0.2, -0.15) is 0 Å². The van der Waals surface area contributed by atoms with Gasteiger partial charge in [0.25, 0.3) is 0 Å². The fourth-order valence-corrected chi connectivity index (χ4v) is 2.60. The molecule has 2 aromatic rings. The normalized spacial score (nSPS) is 12.4. The van der Waals surface area contributed by atoms with Gasteiger partial charge in [0.1, 0.15) is 5.82 Å². The van der Waals surface area contributed by atoms with E-state index in [-0.39, 0.29) is 5.82 Å². The Bertz CT molecular complexity index is 592. The SMILES string of the molecule is CCCNC(CC)c1cccc(-c2cc(C)ccc2F)c1. The molecule has 0 bridgehead atoms. The third-order valence-electron chi connectivity index (χ3n) is 3.77. The molecule has 1 atom stereocenters. The van der Waals surface area contributed by atoms with Crippen LogP contribution in [0.15, 0.2) is 42.5 Å². The molecule has 0 aliphatic heterocycles. The number of aryl methyl sites for hydroxylation is 1. The highest BCUT2D eigenvalue weighted by atomic mass is 19.1. The summed E-state index contributed by atoms with van der Waals surface area (Å²) in [6.07, 6.45) is 2.14. The van der Waals surface area contributed by atoms with Crippen molar-refractivity contribution in [1.82, 2.24) is 5.32 Å². The fraction of sp³-hybridized carbons (Fsp3) is 0.368. The van der Waals surface area contributed by atoms with Gasteiger partial charge in [-0.05, 0) is 55.6 Å². The minimum absolute atomic E-state index is 0.160. The second-order valence-corrected chi connectivity index (χ2v) is 5.52. The van der Waals surface area contributed by atoms with Crippen LogP contribution in [0, 0.1) is 12.7 Å². The first-order chi connectivity index (χ1) is 10.2. The summed E-state index contributed by atoms with van der Waals surface area (Å²) in [5, 5.41) is 3.55. The molecule has 0 spiro atoms. The summed E-state index contributed by atoms with van der Waals surface area (Å²) in [5.74, 6) is -0.160. The van der Waals surface area contributed by atoms with Gasteiger partial charge in [-0.1, -0.05) is 43.7 Å². The fourth-order valence-electron chi connectivity index (χ4n) is 2.60. The Balaban J connectivity index is 2.34. The average molecular weight is 285 g/mol. The Morgan fingerprint density at radius 1 is 1.10 bits per heavy atom. The molecule has 21 heavy (non-hydrogen) atoms. The Hall–Kier alpha value is -1.67. The van der Waals surface area contributed by atoms with Crippen molar-refractivity contribution in [2.45, 2.75) is 39.7 Å². The van der Waals surface area contributed by atoms with Crippen LogP contribution in [0.5, 0.6) is 0 Å². The lowest BCUT2D eigenvalue weighted by atomic mass is 9.97. The van der Waals surface area contributed by atoms with Gasteiger partial charge in [-0.25, -0.2) is 4.39 Å². The first-order valence-electron chi connectivity index (χ1n) is 7.75. The molecule has 0 aliphatic carbocycles. The molecule has 0 saturated carbocycles. The van der Waals surface area contributed by atoms with E-state index in [2.05, 4.69) is 31.3 Å². The Kier molecular flexibility index (Phi) is 5.51. The summed E-state index contributed by atoms with van der Waals surface area (Å²) in [7, 11) is 0. The third-order valence-corrected chi connectivity index (χ3v) is 3.77. The zero-order valence-corrected chi connectivity index (χ0v) is 13.1. The van der Waals surface area contributed by atoms with Crippen molar-refractivity contribution in [2.75, 3.05) is 6.54 Å². The molecule has 0 radical (unpaired) electrons. The molecule has 0 amide bonds. The van der Waals surface area contributed by atoms with Gasteiger partial charge in [0.05, 0.1) is 0 Å². The molecule has 0 aliphatic rings. The number of hydrogen-bond donors (Lipinski definition) is 1. The Labute approximate surface area is 127 Å². The predicted octanol–water partition coefficient (Wildman–Crippen LogP) is 5.25. The zero-order chi connectivity index (χ0) is 15.2. The van der Waals surface area contributed by atoms with Crippen LogP contribution in [0.2, 0.25) is 0 Å². The van der Waals surface area contributed by atoms with Crippen LogP contribution < -0.4 is 5.32 Å². The largest absolute Gasteiger partial charge is 0.310 e. The Morgan fingerprint density at radius 2 is 1.90 bits per heavy atom. The van der Waals surface area contributed by atoms with Gasteiger partial charge >= 0.3 is 0 Å². The molecule has 2 aromatic carbocycles. The highest BCUT2D eigenvalue weighted by Crippen LogP contribution is 2.27. The monoisotopic (exact) mass is 285 g/mol. The Morgan fingerprint density at radius 3 is 2.62 bits per heavy atom. The van der Waals surface area contributed by atoms with E-state index in [1.54, 1.807) is 12.1 Å². The van der Waals surface area contributed by atoms with Crippen LogP contribution in [0.1, 0.15) is 43.9 Å². The number of hydrogen-bond acceptors (Lipinski definition) is 1. The summed E-state index contributed by atoms with van der Waals surface area (Å²) in [4.78, 5) is 0. The molecule has 112 valence electrons. The molecule has 0 heterocycles. The summed E-state index contributed by atoms with van der Waals surface area (Å²) in [6, 6.07) is 13.8. The second kappa shape index (κ2) is 7.37. The van der Waals surface area contributed by atoms with Gasteiger partial charge in [0, 0.05) is 11.6 Å². The van der Waals surface area contributed by atoms with Crippen LogP contribution in [-0.4, -0.2) is 6.54 Å². The maximum Gasteiger partial charge on any atom is 0.131 e. The van der Waals surface area contributed by atoms with Crippen LogP contribution in [0.4, 0.5) is 4.39 Å². The van der Waals surface area contributed by atoms with Gasteiger partial charge in [0.15, 0.2) is 0 Å². The van der Waals surface area contributed by atoms with Gasteiger partial charge in [0.2, 0.25) is 0 Å². The summed E-state index contributed by atoms with van der Waals surface area (Å²) >= 11 is 0. The minimum atomic E-state index is -0.160. The number of halogens is 1. The lowest BCUT2D eigenvalue weighted by Gasteiger charge is -2.18. The van der Waals surface area contributed by atoms with Crippen molar-refractivity contribution in [1.29, 1.82) is 0 Å². The summed E-state index contributed by atoms with van der Waals surface area (Å²) in [6.45, 7) is 7.33. The number of nitrogens with one attached hydrogen (secondary N) is 1. The van der Waals surface area contributed by atoms with Gasteiger partial charge in [-0.15, -0.1) is 0 Å². The van der Waals surface area contributed by atoms with Crippen molar-refractivity contribution >= 4 is 0 Å². The molecule has 0 fully saturated rings. The van der Waals surface area contributed by atoms with E-state index in [1.165, 1.54) is 5.56 Å². The quantitative estimate of drug-likeness (QED) is 0.764. The number of benzene rings is 2. The molecule has 0 saturated heterocycles. The molecular formula is C19H24FN. The molecule has 1 N–H and O–H groups in total. The first-order valence-corrected chi connectivity index (χ1v) is 7.75. The van der Waals surface area contributed by atoms with E-state index in [9.17, 15) is 4.39 Å². The number of rotatable bonds is 6. The highest BCUT2D eigenvalue weighted by Gasteiger charge is 2.11. The van der Waals surface area contributed by atoms with E-state index >= 15 is 0 Å². The van der Waals surface area contributed by atoms with E-state index < -0.39 is 0 Å². The summed E-state index contributed by atoms with van der Waals surface area (Å²) < 4.78 is 14.1. The van der Waals surface area contributed by atoms with Gasteiger partial charge < -0.3 is 5.32 Å². The second-order valence-electron chi connectivity index (χ2n) is 5.52. The van der Waals surface area contributed by atoms with Crippen molar-refractivity contribution in [3.63, 3.8) is 0 Å². The van der Waals surface area contributed by atoms with E-state index in [0.29, 0.717) is 11.6 Å². The van der Waals surface area contributed by atoms with E-state index in [0.717, 1.165) is 30.5 Å². The van der Waals surface area contributed by atoms with Crippen LogP contribution in [0.25, 0.3) is 11.1 Å². The van der Waals surface area contributed by atoms with Gasteiger partial charge in [-0.3, -0.25) is 0 Å². The van der Waals surface area contributed by atoms with E-state index in [1.807, 2.05) is 25.1 Å². The highest BCUT2D eigenvalue weighted by molar-refractivity contribution is 5.65. The third kappa shape index (κ3) is 3.92. The standard InChI is InChI=1S/C19H24FN/c1-4-11-21-19(5-2)16-8-6-7-15(13-16)17-12-14(3)9-10-18(17)20/h6-10,12-13,19,21H,4-5,11H2,1-3H3. The van der Waals surface area contributed by atoms with Crippen LogP contribution in [-0.2, 0) is 0 Å². The molecule has 2 rings (SSSR count). The molecular weight excluding hydrogens is 261 g/mol. The predicted molar refractivity (Wildman–Crippen MR) is 87.9 cm³/mol. The maximum absolute atomic E-state index is 14.1. The average Bonchev–Trinajstić information content (AvgIpc) is 2.51. The topological polar surface area (TPSA) is 12.0 Å². The maximum atomic E-state index is 14.1.